The summed E-state index contributed by atoms with van der Waals surface area (Å²) in [5, 5.41) is 0. The van der Waals surface area contributed by atoms with E-state index in [0.29, 0.717) is 12.3 Å². The quantitative estimate of drug-likeness (QED) is 0.691. The molecule has 0 radical (unpaired) electrons. The zero-order valence-corrected chi connectivity index (χ0v) is 9.84. The molecule has 4 nitrogen and oxygen atoms in total. The fourth-order valence-corrected chi connectivity index (χ4v) is 1.35. The third kappa shape index (κ3) is 6.94. The van der Waals surface area contributed by atoms with E-state index < -0.39 is 5.97 Å². The summed E-state index contributed by atoms with van der Waals surface area (Å²) in [6.45, 7) is 5.84. The number of carbonyl (C=O) groups is 2. The first-order chi connectivity index (χ1) is 7.13. The van der Waals surface area contributed by atoms with E-state index in [0.717, 1.165) is 19.3 Å². The van der Waals surface area contributed by atoms with Crippen molar-refractivity contribution in [3.8, 4) is 0 Å². The van der Waals surface area contributed by atoms with Gasteiger partial charge in [-0.15, -0.1) is 0 Å². The number of hydrogen-bond acceptors (Lipinski definition) is 3. The average Bonchev–Trinajstić information content (AvgIpc) is 2.25. The van der Waals surface area contributed by atoms with Crippen LogP contribution in [0.4, 0.5) is 0 Å². The van der Waals surface area contributed by atoms with Crippen LogP contribution in [0.5, 0.6) is 0 Å². The third-order valence-corrected chi connectivity index (χ3v) is 2.32. The molecule has 0 saturated heterocycles. The van der Waals surface area contributed by atoms with Gasteiger partial charge >= 0.3 is 5.97 Å². The lowest BCUT2D eigenvalue weighted by Gasteiger charge is -2.12. The fraction of sp³-hybridized carbons (Fsp3) is 0.818. The van der Waals surface area contributed by atoms with Crippen molar-refractivity contribution in [1.82, 2.24) is 5.48 Å². The highest BCUT2D eigenvalue weighted by Gasteiger charge is 2.12. The van der Waals surface area contributed by atoms with E-state index >= 15 is 0 Å². The summed E-state index contributed by atoms with van der Waals surface area (Å²) in [6.07, 6.45) is 3.78. The molecule has 0 aromatic heterocycles. The molecule has 0 saturated carbocycles. The molecule has 1 atom stereocenters. The van der Waals surface area contributed by atoms with Crippen molar-refractivity contribution in [3.63, 3.8) is 0 Å². The molecule has 0 fully saturated rings. The number of hydroxylamine groups is 1. The molecule has 0 bridgehead atoms. The van der Waals surface area contributed by atoms with E-state index in [2.05, 4.69) is 24.2 Å². The maximum Gasteiger partial charge on any atom is 0.331 e. The van der Waals surface area contributed by atoms with E-state index in [9.17, 15) is 9.59 Å². The number of carbonyl (C=O) groups excluding carboxylic acids is 2. The SMILES string of the molecule is CCCC(CC)CC(=O)NOC(=O)CC. The first-order valence-corrected chi connectivity index (χ1v) is 5.62. The first kappa shape index (κ1) is 13.9. The predicted molar refractivity (Wildman–Crippen MR) is 57.8 cm³/mol. The molecule has 0 spiro atoms. The van der Waals surface area contributed by atoms with Crippen LogP contribution in [-0.4, -0.2) is 11.9 Å². The van der Waals surface area contributed by atoms with Crippen molar-refractivity contribution in [3.05, 3.63) is 0 Å². The lowest BCUT2D eigenvalue weighted by molar-refractivity contribution is -0.158. The molecule has 0 rings (SSSR count). The summed E-state index contributed by atoms with van der Waals surface area (Å²) in [5.41, 5.74) is 2.17. The molecule has 0 aliphatic rings. The van der Waals surface area contributed by atoms with E-state index in [4.69, 9.17) is 0 Å². The smallest absolute Gasteiger partial charge is 0.331 e. The van der Waals surface area contributed by atoms with Crippen molar-refractivity contribution in [1.29, 1.82) is 0 Å². The Balaban J connectivity index is 3.75. The second-order valence-corrected chi connectivity index (χ2v) is 3.62. The maximum absolute atomic E-state index is 11.3. The van der Waals surface area contributed by atoms with Gasteiger partial charge in [-0.2, -0.15) is 5.48 Å². The number of hydrogen-bond donors (Lipinski definition) is 1. The highest BCUT2D eigenvalue weighted by atomic mass is 16.7. The van der Waals surface area contributed by atoms with Gasteiger partial charge in [0.1, 0.15) is 0 Å². The molecule has 1 unspecified atom stereocenters. The van der Waals surface area contributed by atoms with Crippen LogP contribution in [0.3, 0.4) is 0 Å². The molecule has 0 heterocycles. The van der Waals surface area contributed by atoms with Crippen LogP contribution < -0.4 is 5.48 Å². The summed E-state index contributed by atoms with van der Waals surface area (Å²) < 4.78 is 0. The molecule has 0 aromatic rings. The topological polar surface area (TPSA) is 55.4 Å². The molecule has 0 aliphatic carbocycles. The number of amides is 1. The summed E-state index contributed by atoms with van der Waals surface area (Å²) in [4.78, 5) is 26.6. The average molecular weight is 215 g/mol. The zero-order chi connectivity index (χ0) is 11.7. The zero-order valence-electron chi connectivity index (χ0n) is 9.84. The maximum atomic E-state index is 11.3. The minimum Gasteiger partial charge on any atom is -0.341 e. The Labute approximate surface area is 91.3 Å². The second-order valence-electron chi connectivity index (χ2n) is 3.62. The van der Waals surface area contributed by atoms with Gasteiger partial charge in [-0.1, -0.05) is 40.0 Å². The second kappa shape index (κ2) is 8.26. The molecular weight excluding hydrogens is 194 g/mol. The lowest BCUT2D eigenvalue weighted by Crippen LogP contribution is -2.28. The van der Waals surface area contributed by atoms with Crippen molar-refractivity contribution < 1.29 is 14.4 Å². The molecule has 0 aromatic carbocycles. The number of rotatable bonds is 6. The molecule has 15 heavy (non-hydrogen) atoms. The van der Waals surface area contributed by atoms with Gasteiger partial charge in [-0.05, 0) is 5.92 Å². The van der Waals surface area contributed by atoms with Gasteiger partial charge in [-0.25, -0.2) is 4.79 Å². The summed E-state index contributed by atoms with van der Waals surface area (Å²) in [5.74, 6) is -0.237. The van der Waals surface area contributed by atoms with E-state index in [1.165, 1.54) is 0 Å². The van der Waals surface area contributed by atoms with Gasteiger partial charge in [0.25, 0.3) is 5.91 Å². The standard InChI is InChI=1S/C11H21NO3/c1-4-7-9(5-2)8-10(13)12-15-11(14)6-3/h9H,4-8H2,1-3H3,(H,12,13). The molecule has 88 valence electrons. The molecular formula is C11H21NO3. The minimum atomic E-state index is -0.410. The van der Waals surface area contributed by atoms with Gasteiger partial charge in [0.15, 0.2) is 0 Å². The Morgan fingerprint density at radius 1 is 1.27 bits per heavy atom. The van der Waals surface area contributed by atoms with Gasteiger partial charge in [0.05, 0.1) is 0 Å². The van der Waals surface area contributed by atoms with Crippen LogP contribution in [-0.2, 0) is 14.4 Å². The largest absolute Gasteiger partial charge is 0.341 e. The van der Waals surface area contributed by atoms with Gasteiger partial charge in [-0.3, -0.25) is 4.79 Å². The van der Waals surface area contributed by atoms with E-state index in [-0.39, 0.29) is 12.3 Å². The molecule has 1 amide bonds. The van der Waals surface area contributed by atoms with Crippen molar-refractivity contribution in [2.24, 2.45) is 5.92 Å². The van der Waals surface area contributed by atoms with Crippen LogP contribution in [0.2, 0.25) is 0 Å². The Hall–Kier alpha value is -1.06. The van der Waals surface area contributed by atoms with Crippen LogP contribution in [0.15, 0.2) is 0 Å². The van der Waals surface area contributed by atoms with Crippen LogP contribution in [0, 0.1) is 5.92 Å². The van der Waals surface area contributed by atoms with Crippen molar-refractivity contribution in [2.45, 2.75) is 52.9 Å². The van der Waals surface area contributed by atoms with E-state index in [1.54, 1.807) is 6.92 Å². The fourth-order valence-electron chi connectivity index (χ4n) is 1.35. The number of nitrogens with one attached hydrogen (secondary N) is 1. The Morgan fingerprint density at radius 2 is 1.93 bits per heavy atom. The van der Waals surface area contributed by atoms with Crippen LogP contribution >= 0.6 is 0 Å². The normalized spacial score (nSPS) is 11.9. The van der Waals surface area contributed by atoms with E-state index in [1.807, 2.05) is 0 Å². The molecule has 0 aliphatic heterocycles. The van der Waals surface area contributed by atoms with Gasteiger partial charge < -0.3 is 4.84 Å². The molecule has 4 heteroatoms. The Bertz CT molecular complexity index is 204. The Kier molecular flexibility index (Phi) is 7.68. The summed E-state index contributed by atoms with van der Waals surface area (Å²) in [7, 11) is 0. The lowest BCUT2D eigenvalue weighted by atomic mass is 9.97. The van der Waals surface area contributed by atoms with Crippen molar-refractivity contribution >= 4 is 11.9 Å². The highest BCUT2D eigenvalue weighted by Crippen LogP contribution is 2.14. The third-order valence-electron chi connectivity index (χ3n) is 2.32. The Morgan fingerprint density at radius 3 is 2.40 bits per heavy atom. The molecule has 1 N–H and O–H groups in total. The van der Waals surface area contributed by atoms with Gasteiger partial charge in [0, 0.05) is 12.8 Å². The summed E-state index contributed by atoms with van der Waals surface area (Å²) in [6, 6.07) is 0. The van der Waals surface area contributed by atoms with Crippen LogP contribution in [0.1, 0.15) is 52.9 Å². The minimum absolute atomic E-state index is 0.211. The predicted octanol–water partition coefficient (Wildman–Crippen LogP) is 2.19. The van der Waals surface area contributed by atoms with Crippen molar-refractivity contribution in [2.75, 3.05) is 0 Å². The summed E-state index contributed by atoms with van der Waals surface area (Å²) >= 11 is 0. The van der Waals surface area contributed by atoms with Gasteiger partial charge in [0.2, 0.25) is 0 Å². The monoisotopic (exact) mass is 215 g/mol. The van der Waals surface area contributed by atoms with Crippen LogP contribution in [0.25, 0.3) is 0 Å². The highest BCUT2D eigenvalue weighted by molar-refractivity contribution is 5.77. The first-order valence-electron chi connectivity index (χ1n) is 5.62.